The highest BCUT2D eigenvalue weighted by Gasteiger charge is 2.36. The van der Waals surface area contributed by atoms with Gasteiger partial charge in [0.15, 0.2) is 0 Å². The number of halogens is 2. The maximum absolute atomic E-state index is 12.9. The summed E-state index contributed by atoms with van der Waals surface area (Å²) in [6, 6.07) is 19.9. The lowest BCUT2D eigenvalue weighted by atomic mass is 10.1. The summed E-state index contributed by atoms with van der Waals surface area (Å²) in [6.07, 6.45) is 0. The van der Waals surface area contributed by atoms with Gasteiger partial charge in [0.05, 0.1) is 39.6 Å². The maximum atomic E-state index is 12.9. The van der Waals surface area contributed by atoms with E-state index in [0.29, 0.717) is 38.6 Å². The standard InChI is InChI=1S/C23H13ClIN3O2/c24-16-9-4-3-8-15(16)20-19(26-18-11-5-10-17(25)21(18)27-20)12-28-22(29)13-6-1-2-7-14(13)23(28)30/h1-11H,12H2. The molecule has 1 aliphatic heterocycles. The van der Waals surface area contributed by atoms with Crippen molar-refractivity contribution in [1.82, 2.24) is 14.9 Å². The quantitative estimate of drug-likeness (QED) is 0.267. The molecule has 3 aromatic carbocycles. The van der Waals surface area contributed by atoms with Gasteiger partial charge in [0.2, 0.25) is 0 Å². The molecule has 0 fully saturated rings. The van der Waals surface area contributed by atoms with Crippen molar-refractivity contribution in [3.8, 4) is 11.3 Å². The van der Waals surface area contributed by atoms with Crippen LogP contribution in [-0.4, -0.2) is 26.7 Å². The fourth-order valence-corrected chi connectivity index (χ4v) is 4.42. The second-order valence-corrected chi connectivity index (χ2v) is 8.42. The SMILES string of the molecule is O=C1c2ccccc2C(=O)N1Cc1nc2cccc(I)c2nc1-c1ccccc1Cl. The number of carbonyl (C=O) groups excluding carboxylic acids is 2. The topological polar surface area (TPSA) is 63.2 Å². The van der Waals surface area contributed by atoms with Crippen molar-refractivity contribution >= 4 is 57.0 Å². The molecule has 0 saturated heterocycles. The number of nitrogens with zero attached hydrogens (tertiary/aromatic N) is 3. The second-order valence-electron chi connectivity index (χ2n) is 6.85. The third-order valence-corrected chi connectivity index (χ3v) is 6.23. The molecule has 0 bridgehead atoms. The van der Waals surface area contributed by atoms with E-state index in [9.17, 15) is 9.59 Å². The molecule has 5 nitrogen and oxygen atoms in total. The molecule has 2 amide bonds. The molecule has 5 rings (SSSR count). The molecule has 0 saturated carbocycles. The van der Waals surface area contributed by atoms with Crippen molar-refractivity contribution in [1.29, 1.82) is 0 Å². The zero-order valence-corrected chi connectivity index (χ0v) is 18.4. The number of rotatable bonds is 3. The lowest BCUT2D eigenvalue weighted by molar-refractivity contribution is 0.0640. The average Bonchev–Trinajstić information content (AvgIpc) is 2.99. The Hall–Kier alpha value is -2.84. The highest BCUT2D eigenvalue weighted by molar-refractivity contribution is 14.1. The van der Waals surface area contributed by atoms with Crippen LogP contribution in [0.4, 0.5) is 0 Å². The molecule has 0 spiro atoms. The fourth-order valence-electron chi connectivity index (χ4n) is 3.59. The van der Waals surface area contributed by atoms with E-state index in [2.05, 4.69) is 22.6 Å². The van der Waals surface area contributed by atoms with Crippen LogP contribution in [0, 0.1) is 3.57 Å². The number of hydrogen-bond acceptors (Lipinski definition) is 4. The second kappa shape index (κ2) is 7.45. The Labute approximate surface area is 190 Å². The Morgan fingerprint density at radius 3 is 2.10 bits per heavy atom. The minimum Gasteiger partial charge on any atom is -0.269 e. The number of benzene rings is 3. The predicted molar refractivity (Wildman–Crippen MR) is 123 cm³/mol. The minimum absolute atomic E-state index is 0.0152. The third-order valence-electron chi connectivity index (χ3n) is 5.03. The van der Waals surface area contributed by atoms with E-state index < -0.39 is 0 Å². The number of amides is 2. The van der Waals surface area contributed by atoms with Gasteiger partial charge in [0, 0.05) is 9.13 Å². The van der Waals surface area contributed by atoms with Crippen LogP contribution in [0.1, 0.15) is 26.4 Å². The fraction of sp³-hybridized carbons (Fsp3) is 0.0435. The molecule has 1 aromatic heterocycles. The summed E-state index contributed by atoms with van der Waals surface area (Å²) in [5.74, 6) is -0.657. The highest BCUT2D eigenvalue weighted by Crippen LogP contribution is 2.33. The van der Waals surface area contributed by atoms with Gasteiger partial charge in [-0.3, -0.25) is 14.5 Å². The number of para-hydroxylation sites is 1. The van der Waals surface area contributed by atoms with Crippen molar-refractivity contribution in [2.45, 2.75) is 6.54 Å². The number of hydrogen-bond donors (Lipinski definition) is 0. The van der Waals surface area contributed by atoms with E-state index >= 15 is 0 Å². The number of carbonyl (C=O) groups is 2. The molecular formula is C23H13ClIN3O2. The van der Waals surface area contributed by atoms with Gasteiger partial charge >= 0.3 is 0 Å². The van der Waals surface area contributed by atoms with Gasteiger partial charge in [-0.25, -0.2) is 9.97 Å². The highest BCUT2D eigenvalue weighted by atomic mass is 127. The molecule has 0 radical (unpaired) electrons. The van der Waals surface area contributed by atoms with Crippen LogP contribution in [0.25, 0.3) is 22.3 Å². The Bertz CT molecular complexity index is 1320. The van der Waals surface area contributed by atoms with Gasteiger partial charge in [0.1, 0.15) is 5.52 Å². The Balaban J connectivity index is 1.67. The molecule has 7 heteroatoms. The van der Waals surface area contributed by atoms with Gasteiger partial charge < -0.3 is 0 Å². The molecule has 30 heavy (non-hydrogen) atoms. The van der Waals surface area contributed by atoms with Crippen LogP contribution >= 0.6 is 34.2 Å². The van der Waals surface area contributed by atoms with Gasteiger partial charge in [-0.1, -0.05) is 48.0 Å². The smallest absolute Gasteiger partial charge is 0.261 e. The van der Waals surface area contributed by atoms with Crippen molar-refractivity contribution < 1.29 is 9.59 Å². The molecule has 0 aliphatic carbocycles. The van der Waals surface area contributed by atoms with E-state index in [0.717, 1.165) is 9.09 Å². The van der Waals surface area contributed by atoms with Gasteiger partial charge in [-0.15, -0.1) is 0 Å². The van der Waals surface area contributed by atoms with E-state index in [1.165, 1.54) is 4.90 Å². The first-order chi connectivity index (χ1) is 14.5. The summed E-state index contributed by atoms with van der Waals surface area (Å²) in [5.41, 5.74) is 4.05. The Morgan fingerprint density at radius 1 is 0.800 bits per heavy atom. The summed E-state index contributed by atoms with van der Waals surface area (Å²) in [4.78, 5) is 36.6. The first-order valence-electron chi connectivity index (χ1n) is 9.20. The van der Waals surface area contributed by atoms with Gasteiger partial charge in [-0.05, 0) is 52.9 Å². The summed E-state index contributed by atoms with van der Waals surface area (Å²) in [7, 11) is 0. The zero-order chi connectivity index (χ0) is 20.8. The van der Waals surface area contributed by atoms with E-state index in [4.69, 9.17) is 21.6 Å². The van der Waals surface area contributed by atoms with Crippen LogP contribution < -0.4 is 0 Å². The van der Waals surface area contributed by atoms with Crippen molar-refractivity contribution in [2.75, 3.05) is 0 Å². The lowest BCUT2D eigenvalue weighted by Gasteiger charge is -2.17. The number of fused-ring (bicyclic) bond motifs is 2. The molecule has 0 atom stereocenters. The lowest BCUT2D eigenvalue weighted by Crippen LogP contribution is -2.30. The maximum Gasteiger partial charge on any atom is 0.261 e. The molecule has 0 N–H and O–H groups in total. The van der Waals surface area contributed by atoms with Crippen LogP contribution in [0.3, 0.4) is 0 Å². The van der Waals surface area contributed by atoms with Gasteiger partial charge in [0.25, 0.3) is 11.8 Å². The molecular weight excluding hydrogens is 513 g/mol. The molecule has 0 unspecified atom stereocenters. The van der Waals surface area contributed by atoms with Crippen LogP contribution in [0.2, 0.25) is 5.02 Å². The largest absolute Gasteiger partial charge is 0.269 e. The monoisotopic (exact) mass is 525 g/mol. The first kappa shape index (κ1) is 19.1. The zero-order valence-electron chi connectivity index (χ0n) is 15.5. The first-order valence-corrected chi connectivity index (χ1v) is 10.7. The Morgan fingerprint density at radius 2 is 1.43 bits per heavy atom. The van der Waals surface area contributed by atoms with Crippen LogP contribution in [0.15, 0.2) is 66.7 Å². The molecule has 146 valence electrons. The van der Waals surface area contributed by atoms with Crippen LogP contribution in [-0.2, 0) is 6.54 Å². The van der Waals surface area contributed by atoms with Crippen LogP contribution in [0.5, 0.6) is 0 Å². The van der Waals surface area contributed by atoms with E-state index in [1.54, 1.807) is 30.3 Å². The molecule has 4 aromatic rings. The summed E-state index contributed by atoms with van der Waals surface area (Å²) < 4.78 is 0.957. The van der Waals surface area contributed by atoms with Crippen molar-refractivity contribution in [3.05, 3.63) is 92.1 Å². The number of aromatic nitrogens is 2. The van der Waals surface area contributed by atoms with E-state index in [-0.39, 0.29) is 18.4 Å². The van der Waals surface area contributed by atoms with Crippen molar-refractivity contribution in [2.24, 2.45) is 0 Å². The summed E-state index contributed by atoms with van der Waals surface area (Å²) >= 11 is 8.67. The summed E-state index contributed by atoms with van der Waals surface area (Å²) in [5, 5.41) is 0.528. The van der Waals surface area contributed by atoms with Gasteiger partial charge in [-0.2, -0.15) is 0 Å². The predicted octanol–water partition coefficient (Wildman–Crippen LogP) is 5.35. The average molecular weight is 526 g/mol. The Kier molecular flexibility index (Phi) is 4.75. The summed E-state index contributed by atoms with van der Waals surface area (Å²) in [6.45, 7) is 0.0152. The number of imide groups is 1. The molecule has 2 heterocycles. The van der Waals surface area contributed by atoms with E-state index in [1.807, 2.05) is 36.4 Å². The third kappa shape index (κ3) is 3.07. The minimum atomic E-state index is -0.328. The normalized spacial score (nSPS) is 13.2. The molecule has 1 aliphatic rings. The van der Waals surface area contributed by atoms with Crippen molar-refractivity contribution in [3.63, 3.8) is 0 Å².